The largest absolute Gasteiger partial charge is 0.354 e. The van der Waals surface area contributed by atoms with Crippen molar-refractivity contribution >= 4 is 33.8 Å². The molecule has 1 amide bonds. The zero-order valence-corrected chi connectivity index (χ0v) is 18.9. The van der Waals surface area contributed by atoms with E-state index in [-0.39, 0.29) is 10.8 Å². The second-order valence-corrected chi connectivity index (χ2v) is 9.61. The average molecular weight is 452 g/mol. The maximum absolute atomic E-state index is 13.1. The SMILES string of the molecule is CCC(=O)Nc1c(C)noc1C=Cc1ccc(S(=O)(=O)N2CCc3ccccc3C2)cc1. The van der Waals surface area contributed by atoms with Crippen LogP contribution in [0.5, 0.6) is 0 Å². The Kier molecular flexibility index (Phi) is 6.25. The van der Waals surface area contributed by atoms with E-state index in [1.54, 1.807) is 50.3 Å². The summed E-state index contributed by atoms with van der Waals surface area (Å²) < 4.78 is 33.0. The Morgan fingerprint density at radius 2 is 1.84 bits per heavy atom. The zero-order valence-electron chi connectivity index (χ0n) is 18.0. The Morgan fingerprint density at radius 1 is 1.12 bits per heavy atom. The third-order valence-electron chi connectivity index (χ3n) is 5.52. The van der Waals surface area contributed by atoms with Crippen molar-refractivity contribution in [3.05, 3.63) is 76.7 Å². The Hall–Kier alpha value is -3.23. The summed E-state index contributed by atoms with van der Waals surface area (Å²) >= 11 is 0. The van der Waals surface area contributed by atoms with E-state index in [1.165, 1.54) is 9.87 Å². The van der Waals surface area contributed by atoms with Crippen molar-refractivity contribution in [3.8, 4) is 0 Å². The van der Waals surface area contributed by atoms with Crippen LogP contribution in [0.3, 0.4) is 0 Å². The standard InChI is InChI=1S/C24H25N3O4S/c1-3-23(28)25-24-17(2)26-31-22(24)13-10-18-8-11-21(12-9-18)32(29,30)27-15-14-19-6-4-5-7-20(19)16-27/h4-13H,3,14-16H2,1-2H3,(H,25,28). The van der Waals surface area contributed by atoms with Gasteiger partial charge >= 0.3 is 0 Å². The van der Waals surface area contributed by atoms with Gasteiger partial charge in [-0.3, -0.25) is 4.79 Å². The lowest BCUT2D eigenvalue weighted by Crippen LogP contribution is -2.35. The number of nitrogens with one attached hydrogen (secondary N) is 1. The Labute approximate surface area is 187 Å². The number of carbonyl (C=O) groups excluding carboxylic acids is 1. The molecular weight excluding hydrogens is 426 g/mol. The number of anilines is 1. The summed E-state index contributed by atoms with van der Waals surface area (Å²) in [6.45, 7) is 4.38. The minimum absolute atomic E-state index is 0.124. The molecule has 1 aliphatic heterocycles. The molecule has 0 fully saturated rings. The van der Waals surface area contributed by atoms with Crippen molar-refractivity contribution in [2.24, 2.45) is 0 Å². The molecule has 2 aromatic carbocycles. The lowest BCUT2D eigenvalue weighted by atomic mass is 10.0. The summed E-state index contributed by atoms with van der Waals surface area (Å²) in [5.41, 5.74) is 4.19. The normalized spacial score (nSPS) is 14.4. The molecule has 7 nitrogen and oxygen atoms in total. The van der Waals surface area contributed by atoms with Crippen molar-refractivity contribution in [1.29, 1.82) is 0 Å². The molecule has 0 radical (unpaired) electrons. The molecule has 0 spiro atoms. The Balaban J connectivity index is 1.50. The van der Waals surface area contributed by atoms with Gasteiger partial charge in [-0.2, -0.15) is 4.31 Å². The Bertz CT molecular complexity index is 1260. The van der Waals surface area contributed by atoms with Gasteiger partial charge in [-0.05, 0) is 48.2 Å². The number of aryl methyl sites for hydroxylation is 1. The van der Waals surface area contributed by atoms with E-state index >= 15 is 0 Å². The molecule has 0 aliphatic carbocycles. The van der Waals surface area contributed by atoms with Gasteiger partial charge in [0.25, 0.3) is 0 Å². The molecule has 8 heteroatoms. The number of nitrogens with zero attached hydrogens (tertiary/aromatic N) is 2. The van der Waals surface area contributed by atoms with Crippen molar-refractivity contribution < 1.29 is 17.7 Å². The molecule has 32 heavy (non-hydrogen) atoms. The zero-order chi connectivity index (χ0) is 22.7. The molecule has 166 valence electrons. The third-order valence-corrected chi connectivity index (χ3v) is 7.37. The van der Waals surface area contributed by atoms with Gasteiger partial charge in [0.05, 0.1) is 4.90 Å². The number of carbonyl (C=O) groups is 1. The molecule has 0 saturated carbocycles. The molecule has 4 rings (SSSR count). The van der Waals surface area contributed by atoms with Crippen LogP contribution in [0.25, 0.3) is 12.2 Å². The first-order valence-electron chi connectivity index (χ1n) is 10.5. The molecule has 0 atom stereocenters. The van der Waals surface area contributed by atoms with Crippen LogP contribution in [0, 0.1) is 6.92 Å². The highest BCUT2D eigenvalue weighted by Gasteiger charge is 2.28. The fourth-order valence-corrected chi connectivity index (χ4v) is 5.05. The fourth-order valence-electron chi connectivity index (χ4n) is 3.63. The summed E-state index contributed by atoms with van der Waals surface area (Å²) in [5.74, 6) is 0.314. The molecule has 0 saturated heterocycles. The van der Waals surface area contributed by atoms with Crippen LogP contribution < -0.4 is 5.32 Å². The number of sulfonamides is 1. The minimum atomic E-state index is -3.58. The smallest absolute Gasteiger partial charge is 0.243 e. The number of rotatable bonds is 6. The van der Waals surface area contributed by atoms with Crippen LogP contribution in [0.1, 0.15) is 41.5 Å². The highest BCUT2D eigenvalue weighted by atomic mass is 32.2. The molecule has 1 aromatic heterocycles. The number of fused-ring (bicyclic) bond motifs is 1. The first kappa shape index (κ1) is 22.0. The maximum atomic E-state index is 13.1. The first-order chi connectivity index (χ1) is 15.4. The van der Waals surface area contributed by atoms with Crippen LogP contribution in [0.2, 0.25) is 0 Å². The van der Waals surface area contributed by atoms with Crippen molar-refractivity contribution in [2.75, 3.05) is 11.9 Å². The second kappa shape index (κ2) is 9.10. The van der Waals surface area contributed by atoms with E-state index in [1.807, 2.05) is 18.2 Å². The van der Waals surface area contributed by atoms with Gasteiger partial charge in [0.1, 0.15) is 11.4 Å². The molecule has 3 aromatic rings. The van der Waals surface area contributed by atoms with E-state index in [2.05, 4.69) is 16.5 Å². The topological polar surface area (TPSA) is 92.5 Å². The number of aromatic nitrogens is 1. The highest BCUT2D eigenvalue weighted by Crippen LogP contribution is 2.26. The molecule has 1 N–H and O–H groups in total. The number of amides is 1. The van der Waals surface area contributed by atoms with E-state index in [0.717, 1.165) is 11.1 Å². The van der Waals surface area contributed by atoms with Gasteiger partial charge < -0.3 is 9.84 Å². The van der Waals surface area contributed by atoms with Crippen molar-refractivity contribution in [3.63, 3.8) is 0 Å². The monoisotopic (exact) mass is 451 g/mol. The fraction of sp³-hybridized carbons (Fsp3) is 0.250. The lowest BCUT2D eigenvalue weighted by molar-refractivity contribution is -0.115. The van der Waals surface area contributed by atoms with E-state index < -0.39 is 10.0 Å². The van der Waals surface area contributed by atoms with Gasteiger partial charge in [-0.25, -0.2) is 8.42 Å². The van der Waals surface area contributed by atoms with Gasteiger partial charge in [0, 0.05) is 19.5 Å². The van der Waals surface area contributed by atoms with Crippen LogP contribution >= 0.6 is 0 Å². The lowest BCUT2D eigenvalue weighted by Gasteiger charge is -2.28. The van der Waals surface area contributed by atoms with Crippen LogP contribution in [-0.2, 0) is 27.8 Å². The number of benzene rings is 2. The van der Waals surface area contributed by atoms with Crippen LogP contribution in [0.4, 0.5) is 5.69 Å². The summed E-state index contributed by atoms with van der Waals surface area (Å²) in [4.78, 5) is 12.0. The number of hydrogen-bond donors (Lipinski definition) is 1. The third kappa shape index (κ3) is 4.51. The van der Waals surface area contributed by atoms with E-state index in [4.69, 9.17) is 4.52 Å². The average Bonchev–Trinajstić information content (AvgIpc) is 3.16. The predicted octanol–water partition coefficient (Wildman–Crippen LogP) is 4.25. The second-order valence-electron chi connectivity index (χ2n) is 7.67. The van der Waals surface area contributed by atoms with Crippen molar-refractivity contribution in [2.45, 2.75) is 38.1 Å². The summed E-state index contributed by atoms with van der Waals surface area (Å²) in [6, 6.07) is 14.7. The first-order valence-corrected chi connectivity index (χ1v) is 11.9. The highest BCUT2D eigenvalue weighted by molar-refractivity contribution is 7.89. The van der Waals surface area contributed by atoms with Crippen molar-refractivity contribution in [1.82, 2.24) is 9.46 Å². The number of hydrogen-bond acceptors (Lipinski definition) is 5. The molecule has 1 aliphatic rings. The summed E-state index contributed by atoms with van der Waals surface area (Å²) in [5, 5.41) is 6.69. The van der Waals surface area contributed by atoms with E-state index in [0.29, 0.717) is 43.1 Å². The van der Waals surface area contributed by atoms with Crippen LogP contribution in [0.15, 0.2) is 57.9 Å². The molecular formula is C24H25N3O4S. The van der Waals surface area contributed by atoms with Gasteiger partial charge in [0.2, 0.25) is 15.9 Å². The Morgan fingerprint density at radius 3 is 2.56 bits per heavy atom. The quantitative estimate of drug-likeness (QED) is 0.605. The summed E-state index contributed by atoms with van der Waals surface area (Å²) in [6.07, 6.45) is 4.56. The van der Waals surface area contributed by atoms with Gasteiger partial charge in [-0.15, -0.1) is 0 Å². The summed E-state index contributed by atoms with van der Waals surface area (Å²) in [7, 11) is -3.58. The predicted molar refractivity (Wildman–Crippen MR) is 123 cm³/mol. The molecule has 0 bridgehead atoms. The van der Waals surface area contributed by atoms with E-state index in [9.17, 15) is 13.2 Å². The van der Waals surface area contributed by atoms with Gasteiger partial charge in [-0.1, -0.05) is 54.6 Å². The molecule has 0 unspecified atom stereocenters. The van der Waals surface area contributed by atoms with Gasteiger partial charge in [0.15, 0.2) is 5.76 Å². The minimum Gasteiger partial charge on any atom is -0.354 e. The van der Waals surface area contributed by atoms with Crippen LogP contribution in [-0.4, -0.2) is 30.3 Å². The molecule has 2 heterocycles. The maximum Gasteiger partial charge on any atom is 0.243 e.